The van der Waals surface area contributed by atoms with Crippen molar-refractivity contribution in [3.05, 3.63) is 45.7 Å². The number of amides is 1. The Morgan fingerprint density at radius 3 is 2.74 bits per heavy atom. The highest BCUT2D eigenvalue weighted by Crippen LogP contribution is 2.27. The van der Waals surface area contributed by atoms with Gasteiger partial charge in [-0.05, 0) is 40.6 Å². The van der Waals surface area contributed by atoms with E-state index >= 15 is 0 Å². The molecule has 1 N–H and O–H groups in total. The number of nitrogens with one attached hydrogen (secondary N) is 1. The van der Waals surface area contributed by atoms with E-state index in [-0.39, 0.29) is 17.5 Å². The van der Waals surface area contributed by atoms with Gasteiger partial charge in [0, 0.05) is 24.3 Å². The second-order valence-corrected chi connectivity index (χ2v) is 5.67. The van der Waals surface area contributed by atoms with Crippen LogP contribution >= 0.6 is 11.6 Å². The second kappa shape index (κ2) is 5.88. The number of aryl methyl sites for hydroxylation is 1. The number of halogens is 1. The number of carbonyl (C=O) groups is 1. The molecule has 1 amide bonds. The summed E-state index contributed by atoms with van der Waals surface area (Å²) in [5.41, 5.74) is 0.753. The summed E-state index contributed by atoms with van der Waals surface area (Å²) in [5, 5.41) is 14.5. The number of nitro groups is 1. The molecule has 3 rings (SSSR count). The van der Waals surface area contributed by atoms with E-state index in [1.54, 1.807) is 36.2 Å². The predicted molar refractivity (Wildman–Crippen MR) is 85.7 cm³/mol. The quantitative estimate of drug-likeness (QED) is 0.683. The van der Waals surface area contributed by atoms with Crippen LogP contribution in [0.15, 0.2) is 30.6 Å². The van der Waals surface area contributed by atoms with Gasteiger partial charge in [-0.3, -0.25) is 9.36 Å². The number of hydrogen-bond acceptors (Lipinski definition) is 5. The van der Waals surface area contributed by atoms with Crippen LogP contribution in [0.1, 0.15) is 6.42 Å². The summed E-state index contributed by atoms with van der Waals surface area (Å²) in [6.45, 7) is 0.532. The number of hydrogen-bond donors (Lipinski definition) is 1. The average molecular weight is 336 g/mol. The van der Waals surface area contributed by atoms with E-state index in [4.69, 9.17) is 11.6 Å². The summed E-state index contributed by atoms with van der Waals surface area (Å²) in [5.74, 6) is -0.195. The SMILES string of the molecule is Cn1cnc([N+](=O)[O-])c1NC1CCN(c2ccc(Cl)cc2)C1=O. The van der Waals surface area contributed by atoms with Crippen molar-refractivity contribution in [2.45, 2.75) is 12.5 Å². The third-order valence-corrected chi connectivity index (χ3v) is 4.00. The first-order valence-electron chi connectivity index (χ1n) is 6.96. The van der Waals surface area contributed by atoms with Crippen LogP contribution in [0.4, 0.5) is 17.3 Å². The molecule has 2 aromatic rings. The molecule has 0 radical (unpaired) electrons. The highest BCUT2D eigenvalue weighted by atomic mass is 35.5. The highest BCUT2D eigenvalue weighted by Gasteiger charge is 2.35. The highest BCUT2D eigenvalue weighted by molar-refractivity contribution is 6.30. The molecule has 2 heterocycles. The molecule has 1 fully saturated rings. The molecule has 1 aliphatic rings. The summed E-state index contributed by atoms with van der Waals surface area (Å²) in [6.07, 6.45) is 1.89. The van der Waals surface area contributed by atoms with Gasteiger partial charge < -0.3 is 20.3 Å². The normalized spacial score (nSPS) is 17.6. The zero-order chi connectivity index (χ0) is 16.6. The molecule has 1 aliphatic heterocycles. The van der Waals surface area contributed by atoms with Crippen LogP contribution < -0.4 is 10.2 Å². The maximum atomic E-state index is 12.5. The number of aromatic nitrogens is 2. The Morgan fingerprint density at radius 1 is 1.39 bits per heavy atom. The molecule has 9 heteroatoms. The molecule has 1 aromatic carbocycles. The van der Waals surface area contributed by atoms with Crippen LogP contribution in [0.3, 0.4) is 0 Å². The van der Waals surface area contributed by atoms with Crippen LogP contribution in [0, 0.1) is 10.1 Å². The standard InChI is InChI=1S/C14H14ClN5O3/c1-18-8-16-12(20(22)23)13(18)17-11-6-7-19(14(11)21)10-4-2-9(15)3-5-10/h2-5,8,11,17H,6-7H2,1H3. The lowest BCUT2D eigenvalue weighted by molar-refractivity contribution is -0.388. The number of rotatable bonds is 4. The molecule has 0 aliphatic carbocycles. The Kier molecular flexibility index (Phi) is 3.91. The first kappa shape index (κ1) is 15.3. The summed E-state index contributed by atoms with van der Waals surface area (Å²) < 4.78 is 1.50. The van der Waals surface area contributed by atoms with Crippen molar-refractivity contribution in [1.29, 1.82) is 0 Å². The fourth-order valence-electron chi connectivity index (χ4n) is 2.57. The number of imidazole rings is 1. The largest absolute Gasteiger partial charge is 0.406 e. The van der Waals surface area contributed by atoms with E-state index in [0.717, 1.165) is 5.69 Å². The molecule has 8 nitrogen and oxygen atoms in total. The fraction of sp³-hybridized carbons (Fsp3) is 0.286. The first-order chi connectivity index (χ1) is 11.0. The Hall–Kier alpha value is -2.61. The summed E-state index contributed by atoms with van der Waals surface area (Å²) in [7, 11) is 1.64. The monoisotopic (exact) mass is 335 g/mol. The maximum Gasteiger partial charge on any atom is 0.406 e. The molecule has 1 saturated heterocycles. The van der Waals surface area contributed by atoms with Gasteiger partial charge in [-0.15, -0.1) is 0 Å². The molecule has 0 bridgehead atoms. The minimum atomic E-state index is -0.571. The van der Waals surface area contributed by atoms with Crippen LogP contribution in [0.5, 0.6) is 0 Å². The van der Waals surface area contributed by atoms with Gasteiger partial charge in [-0.2, -0.15) is 0 Å². The summed E-state index contributed by atoms with van der Waals surface area (Å²) >= 11 is 5.85. The Morgan fingerprint density at radius 2 is 2.09 bits per heavy atom. The molecule has 1 unspecified atom stereocenters. The molecule has 0 spiro atoms. The predicted octanol–water partition coefficient (Wildman–Crippen LogP) is 2.20. The molecular weight excluding hydrogens is 322 g/mol. The van der Waals surface area contributed by atoms with Gasteiger partial charge in [0.15, 0.2) is 0 Å². The minimum Gasteiger partial charge on any atom is -0.358 e. The van der Waals surface area contributed by atoms with Crippen LogP contribution in [0.2, 0.25) is 5.02 Å². The molecule has 120 valence electrons. The smallest absolute Gasteiger partial charge is 0.358 e. The van der Waals surface area contributed by atoms with E-state index in [2.05, 4.69) is 10.3 Å². The molecule has 1 atom stereocenters. The maximum absolute atomic E-state index is 12.5. The van der Waals surface area contributed by atoms with Gasteiger partial charge in [0.1, 0.15) is 6.04 Å². The lowest BCUT2D eigenvalue weighted by Gasteiger charge is -2.17. The van der Waals surface area contributed by atoms with E-state index in [1.807, 2.05) is 0 Å². The van der Waals surface area contributed by atoms with Crippen molar-refractivity contribution in [3.63, 3.8) is 0 Å². The zero-order valence-electron chi connectivity index (χ0n) is 12.3. The van der Waals surface area contributed by atoms with Crippen molar-refractivity contribution in [2.75, 3.05) is 16.8 Å². The Balaban J connectivity index is 1.79. The molecule has 1 aromatic heterocycles. The molecule has 23 heavy (non-hydrogen) atoms. The van der Waals surface area contributed by atoms with E-state index < -0.39 is 11.0 Å². The van der Waals surface area contributed by atoms with Gasteiger partial charge in [-0.25, -0.2) is 0 Å². The topological polar surface area (TPSA) is 93.3 Å². The third-order valence-electron chi connectivity index (χ3n) is 3.75. The van der Waals surface area contributed by atoms with Crippen LogP contribution in [-0.4, -0.2) is 33.0 Å². The zero-order valence-corrected chi connectivity index (χ0v) is 13.0. The minimum absolute atomic E-state index is 0.136. The van der Waals surface area contributed by atoms with Crippen molar-refractivity contribution in [1.82, 2.24) is 9.55 Å². The first-order valence-corrected chi connectivity index (χ1v) is 7.34. The number of anilines is 2. The second-order valence-electron chi connectivity index (χ2n) is 5.24. The number of carbonyl (C=O) groups excluding carboxylic acids is 1. The van der Waals surface area contributed by atoms with Gasteiger partial charge in [0.25, 0.3) is 0 Å². The summed E-state index contributed by atoms with van der Waals surface area (Å²) in [6, 6.07) is 6.46. The van der Waals surface area contributed by atoms with Gasteiger partial charge >= 0.3 is 5.82 Å². The van der Waals surface area contributed by atoms with Crippen molar-refractivity contribution in [2.24, 2.45) is 7.05 Å². The van der Waals surface area contributed by atoms with Crippen molar-refractivity contribution >= 4 is 34.8 Å². The van der Waals surface area contributed by atoms with Gasteiger partial charge in [0.2, 0.25) is 18.1 Å². The fourth-order valence-corrected chi connectivity index (χ4v) is 2.70. The van der Waals surface area contributed by atoms with Crippen molar-refractivity contribution in [3.8, 4) is 0 Å². The molecule has 0 saturated carbocycles. The number of nitrogens with zero attached hydrogens (tertiary/aromatic N) is 4. The Bertz CT molecular complexity index is 758. The third kappa shape index (κ3) is 2.85. The van der Waals surface area contributed by atoms with E-state index in [0.29, 0.717) is 18.0 Å². The van der Waals surface area contributed by atoms with Crippen LogP contribution in [-0.2, 0) is 11.8 Å². The number of benzene rings is 1. The molecular formula is C14H14ClN5O3. The van der Waals surface area contributed by atoms with Crippen LogP contribution in [0.25, 0.3) is 0 Å². The lowest BCUT2D eigenvalue weighted by atomic mass is 10.2. The average Bonchev–Trinajstić information content (AvgIpc) is 3.05. The van der Waals surface area contributed by atoms with Gasteiger partial charge in [0.05, 0.1) is 0 Å². The van der Waals surface area contributed by atoms with Gasteiger partial charge in [-0.1, -0.05) is 11.6 Å². The van der Waals surface area contributed by atoms with E-state index in [1.165, 1.54) is 10.9 Å². The van der Waals surface area contributed by atoms with Crippen molar-refractivity contribution < 1.29 is 9.72 Å². The summed E-state index contributed by atoms with van der Waals surface area (Å²) in [4.78, 5) is 28.3. The lowest BCUT2D eigenvalue weighted by Crippen LogP contribution is -2.34. The van der Waals surface area contributed by atoms with E-state index in [9.17, 15) is 14.9 Å². The Labute approximate surface area is 136 Å².